The fourth-order valence-electron chi connectivity index (χ4n) is 3.58. The maximum atomic E-state index is 12.5. The molecule has 0 radical (unpaired) electrons. The third-order valence-corrected chi connectivity index (χ3v) is 4.81. The lowest BCUT2D eigenvalue weighted by molar-refractivity contribution is 0.0889. The molecule has 112 valence electrons. The molecule has 2 N–H and O–H groups in total. The van der Waals surface area contributed by atoms with Crippen molar-refractivity contribution in [1.29, 1.82) is 0 Å². The van der Waals surface area contributed by atoms with Gasteiger partial charge in [-0.1, -0.05) is 26.7 Å². The first-order chi connectivity index (χ1) is 10.1. The Morgan fingerprint density at radius 1 is 1.24 bits per heavy atom. The van der Waals surface area contributed by atoms with Gasteiger partial charge in [-0.2, -0.15) is 0 Å². The van der Waals surface area contributed by atoms with Gasteiger partial charge >= 0.3 is 0 Å². The summed E-state index contributed by atoms with van der Waals surface area (Å²) in [5.74, 6) is 1.30. The first kappa shape index (κ1) is 14.2. The van der Waals surface area contributed by atoms with Crippen LogP contribution < -0.4 is 5.32 Å². The number of fused-ring (bicyclic) bond motifs is 1. The van der Waals surface area contributed by atoms with Crippen molar-refractivity contribution in [2.24, 2.45) is 11.8 Å². The molecular weight excluding hydrogens is 260 g/mol. The molecule has 1 aromatic heterocycles. The summed E-state index contributed by atoms with van der Waals surface area (Å²) >= 11 is 0. The first-order valence-corrected chi connectivity index (χ1v) is 8.03. The van der Waals surface area contributed by atoms with Crippen LogP contribution >= 0.6 is 0 Å². The van der Waals surface area contributed by atoms with Crippen molar-refractivity contribution in [3.05, 3.63) is 36.0 Å². The lowest BCUT2D eigenvalue weighted by atomic mass is 9.78. The Labute approximate surface area is 126 Å². The van der Waals surface area contributed by atoms with Gasteiger partial charge < -0.3 is 10.3 Å². The number of H-pyrrole nitrogens is 1. The summed E-state index contributed by atoms with van der Waals surface area (Å²) in [5, 5.41) is 4.36. The molecule has 1 aliphatic rings. The van der Waals surface area contributed by atoms with Crippen LogP contribution in [0.1, 0.15) is 49.9 Å². The Balaban J connectivity index is 1.75. The van der Waals surface area contributed by atoms with Crippen molar-refractivity contribution in [2.45, 2.75) is 45.6 Å². The summed E-state index contributed by atoms with van der Waals surface area (Å²) in [6.07, 6.45) is 6.78. The predicted molar refractivity (Wildman–Crippen MR) is 86.3 cm³/mol. The topological polar surface area (TPSA) is 44.9 Å². The summed E-state index contributed by atoms with van der Waals surface area (Å²) in [5.41, 5.74) is 1.83. The van der Waals surface area contributed by atoms with Crippen molar-refractivity contribution < 1.29 is 4.79 Å². The quantitative estimate of drug-likeness (QED) is 0.875. The van der Waals surface area contributed by atoms with Gasteiger partial charge in [-0.3, -0.25) is 4.79 Å². The number of rotatable bonds is 3. The molecule has 0 saturated heterocycles. The third-order valence-electron chi connectivity index (χ3n) is 4.81. The smallest absolute Gasteiger partial charge is 0.251 e. The van der Waals surface area contributed by atoms with E-state index in [1.807, 2.05) is 30.5 Å². The summed E-state index contributed by atoms with van der Waals surface area (Å²) in [7, 11) is 0. The molecule has 1 aliphatic carbocycles. The maximum Gasteiger partial charge on any atom is 0.251 e. The Bertz CT molecular complexity index is 629. The van der Waals surface area contributed by atoms with E-state index >= 15 is 0 Å². The van der Waals surface area contributed by atoms with E-state index in [0.717, 1.165) is 22.9 Å². The van der Waals surface area contributed by atoms with E-state index in [1.54, 1.807) is 0 Å². The average molecular weight is 284 g/mol. The van der Waals surface area contributed by atoms with Crippen LogP contribution in [0.3, 0.4) is 0 Å². The van der Waals surface area contributed by atoms with Crippen molar-refractivity contribution in [2.75, 3.05) is 0 Å². The number of nitrogens with one attached hydrogen (secondary N) is 2. The highest BCUT2D eigenvalue weighted by atomic mass is 16.1. The van der Waals surface area contributed by atoms with Crippen LogP contribution in [0.15, 0.2) is 30.5 Å². The summed E-state index contributed by atoms with van der Waals surface area (Å²) in [6.45, 7) is 4.53. The molecule has 3 rings (SSSR count). The van der Waals surface area contributed by atoms with Gasteiger partial charge in [-0.05, 0) is 48.9 Å². The van der Waals surface area contributed by atoms with Crippen molar-refractivity contribution in [1.82, 2.24) is 10.3 Å². The average Bonchev–Trinajstić information content (AvgIpc) is 2.94. The lowest BCUT2D eigenvalue weighted by Gasteiger charge is -2.34. The SMILES string of the molecule is CC(C)C1CCCCC1NC(=O)c1ccc2[nH]ccc2c1. The van der Waals surface area contributed by atoms with E-state index in [9.17, 15) is 4.79 Å². The molecule has 2 aromatic rings. The first-order valence-electron chi connectivity index (χ1n) is 8.03. The standard InChI is InChI=1S/C18H24N2O/c1-12(2)15-5-3-4-6-17(15)20-18(21)14-7-8-16-13(11-14)9-10-19-16/h7-12,15,17,19H,3-6H2,1-2H3,(H,20,21). The molecule has 1 saturated carbocycles. The Hall–Kier alpha value is -1.77. The fraction of sp³-hybridized carbons (Fsp3) is 0.500. The van der Waals surface area contributed by atoms with Gasteiger partial charge in [0.1, 0.15) is 0 Å². The molecule has 2 atom stereocenters. The van der Waals surface area contributed by atoms with Gasteiger partial charge in [0, 0.05) is 28.7 Å². The van der Waals surface area contributed by atoms with Crippen LogP contribution in [0, 0.1) is 11.8 Å². The third kappa shape index (κ3) is 2.97. The maximum absolute atomic E-state index is 12.5. The molecule has 1 aromatic carbocycles. The molecule has 1 amide bonds. The van der Waals surface area contributed by atoms with Crippen LogP contribution in [0.25, 0.3) is 10.9 Å². The number of amides is 1. The molecule has 3 nitrogen and oxygen atoms in total. The minimum absolute atomic E-state index is 0.0654. The molecule has 1 fully saturated rings. The highest BCUT2D eigenvalue weighted by molar-refractivity contribution is 5.98. The normalized spacial score (nSPS) is 22.6. The number of aromatic nitrogens is 1. The van der Waals surface area contributed by atoms with Gasteiger partial charge in [-0.15, -0.1) is 0 Å². The summed E-state index contributed by atoms with van der Waals surface area (Å²) < 4.78 is 0. The number of hydrogen-bond donors (Lipinski definition) is 2. The van der Waals surface area contributed by atoms with E-state index in [1.165, 1.54) is 19.3 Å². The van der Waals surface area contributed by atoms with E-state index in [-0.39, 0.29) is 5.91 Å². The number of hydrogen-bond acceptors (Lipinski definition) is 1. The van der Waals surface area contributed by atoms with Gasteiger partial charge in [-0.25, -0.2) is 0 Å². The lowest BCUT2D eigenvalue weighted by Crippen LogP contribution is -2.43. The monoisotopic (exact) mass is 284 g/mol. The van der Waals surface area contributed by atoms with Crippen molar-refractivity contribution in [3.8, 4) is 0 Å². The molecule has 3 heteroatoms. The molecular formula is C18H24N2O. The Kier molecular flexibility index (Phi) is 4.00. The van der Waals surface area contributed by atoms with E-state index in [0.29, 0.717) is 17.9 Å². The van der Waals surface area contributed by atoms with E-state index in [2.05, 4.69) is 24.1 Å². The van der Waals surface area contributed by atoms with Gasteiger partial charge in [0.05, 0.1) is 0 Å². The largest absolute Gasteiger partial charge is 0.361 e. The zero-order valence-corrected chi connectivity index (χ0v) is 12.9. The molecule has 2 unspecified atom stereocenters. The zero-order valence-electron chi connectivity index (χ0n) is 12.9. The second kappa shape index (κ2) is 5.92. The minimum atomic E-state index is 0.0654. The molecule has 0 bridgehead atoms. The fourth-order valence-corrected chi connectivity index (χ4v) is 3.58. The second-order valence-electron chi connectivity index (χ2n) is 6.55. The number of benzene rings is 1. The molecule has 0 aliphatic heterocycles. The molecule has 0 spiro atoms. The van der Waals surface area contributed by atoms with Gasteiger partial charge in [0.25, 0.3) is 5.91 Å². The predicted octanol–water partition coefficient (Wildman–Crippen LogP) is 4.11. The Morgan fingerprint density at radius 3 is 2.86 bits per heavy atom. The number of carbonyl (C=O) groups is 1. The molecule has 1 heterocycles. The zero-order chi connectivity index (χ0) is 14.8. The number of aromatic amines is 1. The van der Waals surface area contributed by atoms with Crippen molar-refractivity contribution >= 4 is 16.8 Å². The van der Waals surface area contributed by atoms with Crippen LogP contribution in [0.2, 0.25) is 0 Å². The minimum Gasteiger partial charge on any atom is -0.361 e. The van der Waals surface area contributed by atoms with E-state index < -0.39 is 0 Å². The highest BCUT2D eigenvalue weighted by Crippen LogP contribution is 2.30. The highest BCUT2D eigenvalue weighted by Gasteiger charge is 2.28. The summed E-state index contributed by atoms with van der Waals surface area (Å²) in [6, 6.07) is 8.18. The molecule has 21 heavy (non-hydrogen) atoms. The number of carbonyl (C=O) groups excluding carboxylic acids is 1. The van der Waals surface area contributed by atoms with Gasteiger partial charge in [0.15, 0.2) is 0 Å². The van der Waals surface area contributed by atoms with Crippen LogP contribution in [-0.2, 0) is 0 Å². The second-order valence-corrected chi connectivity index (χ2v) is 6.55. The Morgan fingerprint density at radius 2 is 2.05 bits per heavy atom. The van der Waals surface area contributed by atoms with Crippen LogP contribution in [0.4, 0.5) is 0 Å². The van der Waals surface area contributed by atoms with Crippen LogP contribution in [0.5, 0.6) is 0 Å². The van der Waals surface area contributed by atoms with Gasteiger partial charge in [0.2, 0.25) is 0 Å². The van der Waals surface area contributed by atoms with Crippen molar-refractivity contribution in [3.63, 3.8) is 0 Å². The van der Waals surface area contributed by atoms with Crippen LogP contribution in [-0.4, -0.2) is 16.9 Å². The van der Waals surface area contributed by atoms with E-state index in [4.69, 9.17) is 0 Å². The summed E-state index contributed by atoms with van der Waals surface area (Å²) in [4.78, 5) is 15.7.